The first kappa shape index (κ1) is 20.7. The molecular formula is C22H30N2O3S. The van der Waals surface area contributed by atoms with Crippen LogP contribution in [0.2, 0.25) is 0 Å². The lowest BCUT2D eigenvalue weighted by molar-refractivity contribution is 0.416. The second kappa shape index (κ2) is 7.76. The summed E-state index contributed by atoms with van der Waals surface area (Å²) in [4.78, 5) is 0.315. The molecule has 2 atom stereocenters. The number of sulfonamides is 1. The Hall–Kier alpha value is -2.05. The highest BCUT2D eigenvalue weighted by atomic mass is 32.2. The molecule has 1 fully saturated rings. The summed E-state index contributed by atoms with van der Waals surface area (Å²) < 4.78 is 32.3. The average Bonchev–Trinajstić information content (AvgIpc) is 3.20. The van der Waals surface area contributed by atoms with Crippen molar-refractivity contribution in [3.8, 4) is 5.75 Å². The highest BCUT2D eigenvalue weighted by Crippen LogP contribution is 2.64. The van der Waals surface area contributed by atoms with Crippen molar-refractivity contribution in [2.45, 2.75) is 38.5 Å². The number of hydrogen-bond donors (Lipinski definition) is 2. The van der Waals surface area contributed by atoms with E-state index in [2.05, 4.69) is 36.9 Å². The van der Waals surface area contributed by atoms with Gasteiger partial charge in [0.05, 0.1) is 17.7 Å². The molecule has 6 heteroatoms. The minimum atomic E-state index is -3.41. The fourth-order valence-electron chi connectivity index (χ4n) is 4.09. The number of hydrogen-bond acceptors (Lipinski definition) is 4. The van der Waals surface area contributed by atoms with Gasteiger partial charge in [-0.1, -0.05) is 39.0 Å². The molecule has 5 nitrogen and oxygen atoms in total. The van der Waals surface area contributed by atoms with Crippen LogP contribution in [0.5, 0.6) is 5.75 Å². The standard InChI is InChI=1S/C22H30N2O3S/c1-6-24-28(25,26)17-10-8-16(9-11-17)21-18(22(21,3)4)14-23-19-13-15(2)7-12-20(19)27-5/h7-13,18,21,23-24H,6,14H2,1-5H3. The molecule has 0 radical (unpaired) electrons. The number of methoxy groups -OCH3 is 1. The van der Waals surface area contributed by atoms with E-state index >= 15 is 0 Å². The zero-order valence-electron chi connectivity index (χ0n) is 17.2. The van der Waals surface area contributed by atoms with Gasteiger partial charge in [-0.15, -0.1) is 0 Å². The Kier molecular flexibility index (Phi) is 5.73. The van der Waals surface area contributed by atoms with Gasteiger partial charge in [0, 0.05) is 13.1 Å². The number of anilines is 1. The van der Waals surface area contributed by atoms with Gasteiger partial charge in [-0.25, -0.2) is 13.1 Å². The first-order valence-electron chi connectivity index (χ1n) is 9.69. The number of nitrogens with one attached hydrogen (secondary N) is 2. The quantitative estimate of drug-likeness (QED) is 0.696. The van der Waals surface area contributed by atoms with E-state index in [-0.39, 0.29) is 5.41 Å². The van der Waals surface area contributed by atoms with Crippen molar-refractivity contribution in [3.63, 3.8) is 0 Å². The number of aryl methyl sites for hydroxylation is 1. The summed E-state index contributed by atoms with van der Waals surface area (Å²) >= 11 is 0. The maximum absolute atomic E-state index is 12.1. The van der Waals surface area contributed by atoms with E-state index in [4.69, 9.17) is 4.74 Å². The summed E-state index contributed by atoms with van der Waals surface area (Å²) in [5, 5.41) is 3.54. The number of rotatable bonds is 8. The molecular weight excluding hydrogens is 372 g/mol. The lowest BCUT2D eigenvalue weighted by atomic mass is 10.0. The lowest BCUT2D eigenvalue weighted by Crippen LogP contribution is -2.23. The van der Waals surface area contributed by atoms with Crippen LogP contribution in [0.3, 0.4) is 0 Å². The Labute approximate surface area is 168 Å². The van der Waals surface area contributed by atoms with E-state index in [9.17, 15) is 8.42 Å². The molecule has 28 heavy (non-hydrogen) atoms. The van der Waals surface area contributed by atoms with Crippen LogP contribution in [0.15, 0.2) is 47.4 Å². The minimum Gasteiger partial charge on any atom is -0.495 e. The second-order valence-electron chi connectivity index (χ2n) is 8.06. The van der Waals surface area contributed by atoms with Crippen LogP contribution in [-0.2, 0) is 10.0 Å². The van der Waals surface area contributed by atoms with Crippen molar-refractivity contribution in [1.82, 2.24) is 4.72 Å². The molecule has 3 rings (SSSR count). The molecule has 1 aliphatic carbocycles. The van der Waals surface area contributed by atoms with Crippen molar-refractivity contribution in [3.05, 3.63) is 53.6 Å². The topological polar surface area (TPSA) is 67.4 Å². The fourth-order valence-corrected chi connectivity index (χ4v) is 5.14. The van der Waals surface area contributed by atoms with Crippen LogP contribution < -0.4 is 14.8 Å². The maximum atomic E-state index is 12.1. The normalized spacial score (nSPS) is 20.6. The SMILES string of the molecule is CCNS(=O)(=O)c1ccc(C2C(CNc3cc(C)ccc3OC)C2(C)C)cc1. The zero-order chi connectivity index (χ0) is 20.5. The molecule has 0 spiro atoms. The molecule has 2 unspecified atom stereocenters. The lowest BCUT2D eigenvalue weighted by Gasteiger charge is -2.12. The fraction of sp³-hybridized carbons (Fsp3) is 0.455. The Morgan fingerprint density at radius 1 is 1.11 bits per heavy atom. The van der Waals surface area contributed by atoms with Gasteiger partial charge in [-0.05, 0) is 59.6 Å². The smallest absolute Gasteiger partial charge is 0.240 e. The Morgan fingerprint density at radius 2 is 1.79 bits per heavy atom. The second-order valence-corrected chi connectivity index (χ2v) is 9.83. The number of ether oxygens (including phenoxy) is 1. The molecule has 152 valence electrons. The predicted octanol–water partition coefficient (Wildman–Crippen LogP) is 4.15. The summed E-state index contributed by atoms with van der Waals surface area (Å²) in [6.45, 7) is 9.60. The molecule has 1 saturated carbocycles. The zero-order valence-corrected chi connectivity index (χ0v) is 18.1. The third kappa shape index (κ3) is 4.03. The van der Waals surface area contributed by atoms with Crippen LogP contribution in [-0.4, -0.2) is 28.6 Å². The highest BCUT2D eigenvalue weighted by molar-refractivity contribution is 7.89. The Morgan fingerprint density at radius 3 is 2.39 bits per heavy atom. The highest BCUT2D eigenvalue weighted by Gasteiger charge is 2.57. The maximum Gasteiger partial charge on any atom is 0.240 e. The van der Waals surface area contributed by atoms with Gasteiger partial charge in [0.25, 0.3) is 0 Å². The van der Waals surface area contributed by atoms with Crippen LogP contribution in [0.1, 0.15) is 37.8 Å². The van der Waals surface area contributed by atoms with E-state index in [0.29, 0.717) is 23.3 Å². The molecule has 0 heterocycles. The molecule has 0 bridgehead atoms. The van der Waals surface area contributed by atoms with Crippen molar-refractivity contribution in [2.24, 2.45) is 11.3 Å². The van der Waals surface area contributed by atoms with Gasteiger partial charge in [-0.2, -0.15) is 0 Å². The van der Waals surface area contributed by atoms with Crippen molar-refractivity contribution >= 4 is 15.7 Å². The summed E-state index contributed by atoms with van der Waals surface area (Å²) in [6, 6.07) is 13.4. The van der Waals surface area contributed by atoms with Gasteiger partial charge in [0.2, 0.25) is 10.0 Å². The first-order valence-corrected chi connectivity index (χ1v) is 11.2. The molecule has 2 aromatic carbocycles. The van der Waals surface area contributed by atoms with Gasteiger partial charge < -0.3 is 10.1 Å². The van der Waals surface area contributed by atoms with E-state index in [1.807, 2.05) is 24.3 Å². The van der Waals surface area contributed by atoms with Gasteiger partial charge in [-0.3, -0.25) is 0 Å². The molecule has 0 aliphatic heterocycles. The summed E-state index contributed by atoms with van der Waals surface area (Å²) in [5.41, 5.74) is 3.54. The van der Waals surface area contributed by atoms with E-state index < -0.39 is 10.0 Å². The van der Waals surface area contributed by atoms with Crippen molar-refractivity contribution in [1.29, 1.82) is 0 Å². The van der Waals surface area contributed by atoms with Crippen LogP contribution in [0, 0.1) is 18.3 Å². The Bertz CT molecular complexity index is 937. The molecule has 2 N–H and O–H groups in total. The van der Waals surface area contributed by atoms with Crippen LogP contribution >= 0.6 is 0 Å². The molecule has 2 aromatic rings. The van der Waals surface area contributed by atoms with Gasteiger partial charge in [0.15, 0.2) is 0 Å². The summed E-state index contributed by atoms with van der Waals surface area (Å²) in [7, 11) is -1.73. The molecule has 1 aliphatic rings. The van der Waals surface area contributed by atoms with E-state index in [1.165, 1.54) is 11.1 Å². The average molecular weight is 403 g/mol. The first-order chi connectivity index (χ1) is 13.2. The predicted molar refractivity (Wildman–Crippen MR) is 114 cm³/mol. The molecule has 0 amide bonds. The minimum absolute atomic E-state index is 0.159. The largest absolute Gasteiger partial charge is 0.495 e. The summed E-state index contributed by atoms with van der Waals surface area (Å²) in [5.74, 6) is 1.71. The van der Waals surface area contributed by atoms with E-state index in [0.717, 1.165) is 18.0 Å². The molecule has 0 aromatic heterocycles. The number of benzene rings is 2. The van der Waals surface area contributed by atoms with Crippen LogP contribution in [0.4, 0.5) is 5.69 Å². The molecule has 0 saturated heterocycles. The van der Waals surface area contributed by atoms with Crippen molar-refractivity contribution in [2.75, 3.05) is 25.5 Å². The monoisotopic (exact) mass is 402 g/mol. The third-order valence-corrected chi connectivity index (χ3v) is 7.36. The summed E-state index contributed by atoms with van der Waals surface area (Å²) in [6.07, 6.45) is 0. The van der Waals surface area contributed by atoms with E-state index in [1.54, 1.807) is 26.2 Å². The van der Waals surface area contributed by atoms with Crippen molar-refractivity contribution < 1.29 is 13.2 Å². The third-order valence-electron chi connectivity index (χ3n) is 5.80. The van der Waals surface area contributed by atoms with Crippen LogP contribution in [0.25, 0.3) is 0 Å². The van der Waals surface area contributed by atoms with Gasteiger partial charge in [0.1, 0.15) is 5.75 Å². The van der Waals surface area contributed by atoms with Gasteiger partial charge >= 0.3 is 0 Å². The Balaban J connectivity index is 1.72.